The van der Waals surface area contributed by atoms with E-state index in [1.165, 1.54) is 0 Å². The van der Waals surface area contributed by atoms with E-state index < -0.39 is 11.4 Å². The third kappa shape index (κ3) is 2.97. The Morgan fingerprint density at radius 1 is 1.24 bits per heavy atom. The highest BCUT2D eigenvalue weighted by atomic mass is 16.1. The predicted molar refractivity (Wildman–Crippen MR) is 82.5 cm³/mol. The lowest BCUT2D eigenvalue weighted by atomic mass is 9.90. The third-order valence-corrected chi connectivity index (χ3v) is 3.77. The lowest BCUT2D eigenvalue weighted by Crippen LogP contribution is -2.52. The maximum Gasteiger partial charge on any atom is 0.244 e. The van der Waals surface area contributed by atoms with Crippen LogP contribution in [-0.2, 0) is 29.7 Å². The van der Waals surface area contributed by atoms with Crippen molar-refractivity contribution in [1.29, 1.82) is 0 Å². The summed E-state index contributed by atoms with van der Waals surface area (Å²) in [7, 11) is 0. The average Bonchev–Trinajstić information content (AvgIpc) is 2.89. The largest absolute Gasteiger partial charge is 0.368 e. The molecular formula is C16H22N4O. The number of hydrogen-bond acceptors (Lipinski definition) is 3. The van der Waals surface area contributed by atoms with Gasteiger partial charge in [0, 0.05) is 5.69 Å². The highest BCUT2D eigenvalue weighted by Crippen LogP contribution is 2.21. The molecule has 0 spiro atoms. The normalized spacial score (nSPS) is 13.9. The number of nitrogens with zero attached hydrogens (tertiary/aromatic N) is 2. The zero-order valence-corrected chi connectivity index (χ0v) is 12.5. The van der Waals surface area contributed by atoms with Crippen LogP contribution in [0.2, 0.25) is 0 Å². The molecule has 2 aromatic rings. The van der Waals surface area contributed by atoms with Gasteiger partial charge in [-0.25, -0.2) is 0 Å². The number of rotatable bonds is 6. The average molecular weight is 286 g/mol. The maximum absolute atomic E-state index is 12.0. The second-order valence-corrected chi connectivity index (χ2v) is 5.19. The molecule has 1 aromatic heterocycles. The first-order valence-electron chi connectivity index (χ1n) is 7.21. The van der Waals surface area contributed by atoms with Gasteiger partial charge in [-0.3, -0.25) is 9.48 Å². The SMILES string of the molecule is CCc1cc(CC)n(CC(N)(C(N)=O)c2ccccc2)n1. The monoisotopic (exact) mass is 286 g/mol. The lowest BCUT2D eigenvalue weighted by Gasteiger charge is -2.27. The molecule has 5 nitrogen and oxygen atoms in total. The van der Waals surface area contributed by atoms with Crippen molar-refractivity contribution in [3.63, 3.8) is 0 Å². The molecule has 0 radical (unpaired) electrons. The van der Waals surface area contributed by atoms with Crippen LogP contribution in [0.5, 0.6) is 0 Å². The Hall–Kier alpha value is -2.14. The van der Waals surface area contributed by atoms with E-state index in [9.17, 15) is 4.79 Å². The van der Waals surface area contributed by atoms with Crippen molar-refractivity contribution in [1.82, 2.24) is 9.78 Å². The topological polar surface area (TPSA) is 86.9 Å². The fourth-order valence-corrected chi connectivity index (χ4v) is 2.39. The molecule has 1 aromatic carbocycles. The Kier molecular flexibility index (Phi) is 4.43. The minimum atomic E-state index is -1.26. The molecule has 0 aliphatic rings. The predicted octanol–water partition coefficient (Wildman–Crippen LogP) is 1.35. The quantitative estimate of drug-likeness (QED) is 0.840. The first kappa shape index (κ1) is 15.3. The third-order valence-electron chi connectivity index (χ3n) is 3.77. The Morgan fingerprint density at radius 3 is 2.43 bits per heavy atom. The molecule has 0 aliphatic heterocycles. The van der Waals surface area contributed by atoms with Crippen LogP contribution in [0, 0.1) is 0 Å². The van der Waals surface area contributed by atoms with Crippen LogP contribution in [0.3, 0.4) is 0 Å². The smallest absolute Gasteiger partial charge is 0.244 e. The molecule has 1 amide bonds. The van der Waals surface area contributed by atoms with Gasteiger partial charge in [-0.2, -0.15) is 5.10 Å². The van der Waals surface area contributed by atoms with Crippen molar-refractivity contribution in [2.45, 2.75) is 38.8 Å². The molecule has 5 heteroatoms. The maximum atomic E-state index is 12.0. The van der Waals surface area contributed by atoms with E-state index in [-0.39, 0.29) is 6.54 Å². The molecule has 1 heterocycles. The molecule has 1 unspecified atom stereocenters. The summed E-state index contributed by atoms with van der Waals surface area (Å²) in [6, 6.07) is 11.3. The highest BCUT2D eigenvalue weighted by molar-refractivity contribution is 5.85. The first-order chi connectivity index (χ1) is 10.0. The summed E-state index contributed by atoms with van der Waals surface area (Å²) >= 11 is 0. The van der Waals surface area contributed by atoms with Gasteiger partial charge in [0.25, 0.3) is 0 Å². The number of benzene rings is 1. The van der Waals surface area contributed by atoms with Crippen LogP contribution in [0.25, 0.3) is 0 Å². The van der Waals surface area contributed by atoms with Crippen LogP contribution < -0.4 is 11.5 Å². The van der Waals surface area contributed by atoms with Gasteiger partial charge in [0.2, 0.25) is 5.91 Å². The summed E-state index contributed by atoms with van der Waals surface area (Å²) in [5.41, 5.74) is 13.4. The van der Waals surface area contributed by atoms with E-state index >= 15 is 0 Å². The first-order valence-corrected chi connectivity index (χ1v) is 7.21. The van der Waals surface area contributed by atoms with Crippen LogP contribution in [-0.4, -0.2) is 15.7 Å². The van der Waals surface area contributed by atoms with E-state index in [1.807, 2.05) is 43.3 Å². The van der Waals surface area contributed by atoms with Crippen LogP contribution in [0.15, 0.2) is 36.4 Å². The van der Waals surface area contributed by atoms with Crippen molar-refractivity contribution in [2.24, 2.45) is 11.5 Å². The van der Waals surface area contributed by atoms with E-state index in [0.717, 1.165) is 24.2 Å². The zero-order valence-electron chi connectivity index (χ0n) is 12.5. The number of nitrogens with two attached hydrogens (primary N) is 2. The van der Waals surface area contributed by atoms with E-state index in [0.29, 0.717) is 5.56 Å². The zero-order chi connectivity index (χ0) is 15.5. The van der Waals surface area contributed by atoms with Crippen molar-refractivity contribution in [2.75, 3.05) is 0 Å². The van der Waals surface area contributed by atoms with Gasteiger partial charge in [-0.1, -0.05) is 44.2 Å². The Balaban J connectivity index is 2.41. The number of aromatic nitrogens is 2. The number of carbonyl (C=O) groups is 1. The minimum Gasteiger partial charge on any atom is -0.368 e. The van der Waals surface area contributed by atoms with Gasteiger partial charge < -0.3 is 11.5 Å². The minimum absolute atomic E-state index is 0.246. The van der Waals surface area contributed by atoms with Crippen molar-refractivity contribution in [3.05, 3.63) is 53.3 Å². The number of primary amides is 1. The molecule has 0 fully saturated rings. The van der Waals surface area contributed by atoms with Gasteiger partial charge in [-0.05, 0) is 24.5 Å². The van der Waals surface area contributed by atoms with Crippen molar-refractivity contribution in [3.8, 4) is 0 Å². The number of carbonyl (C=O) groups excluding carboxylic acids is 1. The molecular weight excluding hydrogens is 264 g/mol. The Labute approximate surface area is 124 Å². The summed E-state index contributed by atoms with van der Waals surface area (Å²) in [4.78, 5) is 12.0. The van der Waals surface area contributed by atoms with Crippen molar-refractivity contribution >= 4 is 5.91 Å². The second-order valence-electron chi connectivity index (χ2n) is 5.19. The van der Waals surface area contributed by atoms with Crippen molar-refractivity contribution < 1.29 is 4.79 Å². The van der Waals surface area contributed by atoms with Gasteiger partial charge in [0.1, 0.15) is 5.54 Å². The van der Waals surface area contributed by atoms with Crippen LogP contribution in [0.1, 0.15) is 30.8 Å². The molecule has 0 saturated heterocycles. The molecule has 21 heavy (non-hydrogen) atoms. The molecule has 0 aliphatic carbocycles. The highest BCUT2D eigenvalue weighted by Gasteiger charge is 2.35. The van der Waals surface area contributed by atoms with Gasteiger partial charge >= 0.3 is 0 Å². The summed E-state index contributed by atoms with van der Waals surface area (Å²) < 4.78 is 1.80. The Bertz CT molecular complexity index is 620. The number of amides is 1. The van der Waals surface area contributed by atoms with Gasteiger partial charge in [0.05, 0.1) is 12.2 Å². The fourth-order valence-electron chi connectivity index (χ4n) is 2.39. The molecule has 4 N–H and O–H groups in total. The summed E-state index contributed by atoms with van der Waals surface area (Å²) in [5.74, 6) is -0.552. The second kappa shape index (κ2) is 6.10. The fraction of sp³-hybridized carbons (Fsp3) is 0.375. The summed E-state index contributed by atoms with van der Waals surface area (Å²) in [6.07, 6.45) is 1.68. The molecule has 0 saturated carbocycles. The Morgan fingerprint density at radius 2 is 1.90 bits per heavy atom. The lowest BCUT2D eigenvalue weighted by molar-refractivity contribution is -0.124. The van der Waals surface area contributed by atoms with Gasteiger partial charge in [0.15, 0.2) is 0 Å². The van der Waals surface area contributed by atoms with Crippen LogP contribution in [0.4, 0.5) is 0 Å². The summed E-state index contributed by atoms with van der Waals surface area (Å²) in [5, 5.41) is 4.52. The molecule has 0 bridgehead atoms. The number of hydrogen-bond donors (Lipinski definition) is 2. The molecule has 1 atom stereocenters. The molecule has 2 rings (SSSR count). The molecule has 112 valence electrons. The van der Waals surface area contributed by atoms with E-state index in [2.05, 4.69) is 12.0 Å². The summed E-state index contributed by atoms with van der Waals surface area (Å²) in [6.45, 7) is 4.35. The van der Waals surface area contributed by atoms with E-state index in [1.54, 1.807) is 4.68 Å². The standard InChI is InChI=1S/C16H22N4O/c1-3-13-10-14(4-2)20(19-13)11-16(18,15(17)21)12-8-6-5-7-9-12/h5-10H,3-4,11,18H2,1-2H3,(H2,17,21). The van der Waals surface area contributed by atoms with Crippen LogP contribution >= 0.6 is 0 Å². The van der Waals surface area contributed by atoms with Gasteiger partial charge in [-0.15, -0.1) is 0 Å². The van der Waals surface area contributed by atoms with E-state index in [4.69, 9.17) is 11.5 Å². The number of aryl methyl sites for hydroxylation is 2.